The maximum Gasteiger partial charge on any atom is 0.248 e. The van der Waals surface area contributed by atoms with E-state index in [0.29, 0.717) is 0 Å². The van der Waals surface area contributed by atoms with E-state index >= 15 is 0 Å². The number of nitrogens with one attached hydrogen (secondary N) is 1. The summed E-state index contributed by atoms with van der Waals surface area (Å²) in [6, 6.07) is 0. The van der Waals surface area contributed by atoms with Gasteiger partial charge in [-0.1, -0.05) is 0 Å². The van der Waals surface area contributed by atoms with Gasteiger partial charge < -0.3 is 10.5 Å². The number of nitrogen functional groups attached to an aromatic ring is 1. The van der Waals surface area contributed by atoms with Crippen molar-refractivity contribution in [3.63, 3.8) is 0 Å². The van der Waals surface area contributed by atoms with Crippen molar-refractivity contribution in [2.45, 2.75) is 43.8 Å². The quantitative estimate of drug-likeness (QED) is 0.828. The molecule has 1 fully saturated rings. The second-order valence-electron chi connectivity index (χ2n) is 6.04. The van der Waals surface area contributed by atoms with Crippen molar-refractivity contribution in [3.05, 3.63) is 6.20 Å². The van der Waals surface area contributed by atoms with Crippen LogP contribution < -0.4 is 5.73 Å². The molecule has 1 aromatic rings. The van der Waals surface area contributed by atoms with Crippen LogP contribution in [0.15, 0.2) is 11.1 Å². The molecule has 0 unspecified atom stereocenters. The Morgan fingerprint density at radius 3 is 2.26 bits per heavy atom. The molecule has 0 radical (unpaired) electrons. The minimum Gasteiger partial charge on any atom is -0.383 e. The fourth-order valence-corrected chi connectivity index (χ4v) is 4.27. The van der Waals surface area contributed by atoms with Crippen LogP contribution in [0.1, 0.15) is 27.7 Å². The van der Waals surface area contributed by atoms with Crippen LogP contribution in [0.2, 0.25) is 0 Å². The average molecular weight is 288 g/mol. The first-order valence-electron chi connectivity index (χ1n) is 6.03. The molecule has 0 atom stereocenters. The van der Waals surface area contributed by atoms with E-state index in [0.717, 1.165) is 0 Å². The van der Waals surface area contributed by atoms with Crippen LogP contribution in [0.25, 0.3) is 0 Å². The molecule has 108 valence electrons. The van der Waals surface area contributed by atoms with Gasteiger partial charge in [0.05, 0.1) is 17.4 Å². The topological polar surface area (TPSA) is 101 Å². The Morgan fingerprint density at radius 2 is 1.84 bits per heavy atom. The average Bonchev–Trinajstić information content (AvgIpc) is 2.60. The van der Waals surface area contributed by atoms with Crippen molar-refractivity contribution in [2.75, 3.05) is 18.8 Å². The zero-order chi connectivity index (χ0) is 14.5. The number of sulfonamides is 1. The summed E-state index contributed by atoms with van der Waals surface area (Å²) < 4.78 is 32.4. The molecule has 2 rings (SSSR count). The molecular weight excluding hydrogens is 268 g/mol. The largest absolute Gasteiger partial charge is 0.383 e. The molecule has 0 bridgehead atoms. The number of ether oxygens (including phenoxy) is 1. The van der Waals surface area contributed by atoms with Crippen molar-refractivity contribution >= 4 is 15.8 Å². The lowest BCUT2D eigenvalue weighted by Gasteiger charge is -2.46. The highest BCUT2D eigenvalue weighted by molar-refractivity contribution is 7.89. The molecular formula is C11H20N4O3S. The van der Waals surface area contributed by atoms with Gasteiger partial charge in [0.25, 0.3) is 0 Å². The Kier molecular flexibility index (Phi) is 3.15. The van der Waals surface area contributed by atoms with Gasteiger partial charge in [0.2, 0.25) is 10.0 Å². The lowest BCUT2D eigenvalue weighted by Crippen LogP contribution is -2.58. The molecule has 0 amide bonds. The van der Waals surface area contributed by atoms with E-state index in [2.05, 4.69) is 10.2 Å². The zero-order valence-electron chi connectivity index (χ0n) is 11.6. The predicted molar refractivity (Wildman–Crippen MR) is 71.0 cm³/mol. The monoisotopic (exact) mass is 288 g/mol. The first-order chi connectivity index (χ1) is 8.54. The molecule has 0 spiro atoms. The number of hydrogen-bond acceptors (Lipinski definition) is 5. The van der Waals surface area contributed by atoms with Crippen molar-refractivity contribution in [2.24, 2.45) is 0 Å². The van der Waals surface area contributed by atoms with Gasteiger partial charge in [0, 0.05) is 13.1 Å². The highest BCUT2D eigenvalue weighted by Crippen LogP contribution is 2.32. The van der Waals surface area contributed by atoms with E-state index in [1.807, 2.05) is 27.7 Å². The van der Waals surface area contributed by atoms with Gasteiger partial charge in [-0.25, -0.2) is 8.42 Å². The molecule has 3 N–H and O–H groups in total. The second kappa shape index (κ2) is 4.19. The smallest absolute Gasteiger partial charge is 0.248 e. The fourth-order valence-electron chi connectivity index (χ4n) is 2.52. The minimum absolute atomic E-state index is 0.0148. The molecule has 0 aliphatic carbocycles. The van der Waals surface area contributed by atoms with Gasteiger partial charge in [-0.15, -0.1) is 0 Å². The number of morpholine rings is 1. The van der Waals surface area contributed by atoms with E-state index in [4.69, 9.17) is 10.5 Å². The van der Waals surface area contributed by atoms with Crippen molar-refractivity contribution < 1.29 is 13.2 Å². The summed E-state index contributed by atoms with van der Waals surface area (Å²) in [7, 11) is -3.66. The number of H-pyrrole nitrogens is 1. The minimum atomic E-state index is -3.66. The van der Waals surface area contributed by atoms with Crippen LogP contribution in [0.3, 0.4) is 0 Å². The van der Waals surface area contributed by atoms with Crippen LogP contribution in [0.5, 0.6) is 0 Å². The standard InChI is InChI=1S/C11H20N4O3S/c1-10(2)6-15(7-11(3,4)18-10)19(16,17)8-5-13-14-9(8)12/h5H,6-7H2,1-4H3,(H3,12,13,14). The Hall–Kier alpha value is -1.12. The van der Waals surface area contributed by atoms with Crippen LogP contribution in [-0.2, 0) is 14.8 Å². The first-order valence-corrected chi connectivity index (χ1v) is 7.47. The summed E-state index contributed by atoms with van der Waals surface area (Å²) in [5.74, 6) is 0.0575. The van der Waals surface area contributed by atoms with Crippen LogP contribution in [-0.4, -0.2) is 47.2 Å². The predicted octanol–water partition coefficient (Wildman–Crippen LogP) is 0.570. The second-order valence-corrected chi connectivity index (χ2v) is 7.95. The summed E-state index contributed by atoms with van der Waals surface area (Å²) in [5, 5.41) is 6.11. The highest BCUT2D eigenvalue weighted by Gasteiger charge is 2.43. The van der Waals surface area contributed by atoms with Crippen molar-refractivity contribution in [1.29, 1.82) is 0 Å². The van der Waals surface area contributed by atoms with Crippen molar-refractivity contribution in [3.8, 4) is 0 Å². The van der Waals surface area contributed by atoms with E-state index in [1.165, 1.54) is 10.5 Å². The van der Waals surface area contributed by atoms with Gasteiger partial charge in [-0.2, -0.15) is 9.40 Å². The number of aromatic amines is 1. The molecule has 0 saturated carbocycles. The first kappa shape index (κ1) is 14.3. The lowest BCUT2D eigenvalue weighted by molar-refractivity contribution is -0.163. The summed E-state index contributed by atoms with van der Waals surface area (Å²) >= 11 is 0. The zero-order valence-corrected chi connectivity index (χ0v) is 12.4. The summed E-state index contributed by atoms with van der Waals surface area (Å²) in [4.78, 5) is 0.0148. The maximum atomic E-state index is 12.6. The number of hydrogen-bond donors (Lipinski definition) is 2. The van der Waals surface area contributed by atoms with Gasteiger partial charge in [0.15, 0.2) is 0 Å². The number of rotatable bonds is 2. The van der Waals surface area contributed by atoms with E-state index in [1.54, 1.807) is 0 Å². The molecule has 1 aromatic heterocycles. The number of aromatic nitrogens is 2. The SMILES string of the molecule is CC1(C)CN(S(=O)(=O)c2cn[nH]c2N)CC(C)(C)O1. The number of anilines is 1. The molecule has 1 aliphatic rings. The Morgan fingerprint density at radius 1 is 1.32 bits per heavy atom. The van der Waals surface area contributed by atoms with Crippen molar-refractivity contribution in [1.82, 2.24) is 14.5 Å². The van der Waals surface area contributed by atoms with E-state index in [9.17, 15) is 8.42 Å². The number of nitrogens with two attached hydrogens (primary N) is 1. The van der Waals surface area contributed by atoms with Crippen LogP contribution >= 0.6 is 0 Å². The Balaban J connectivity index is 2.39. The molecule has 7 nitrogen and oxygen atoms in total. The lowest BCUT2D eigenvalue weighted by atomic mass is 10.0. The third-order valence-corrected chi connectivity index (χ3v) is 4.74. The third-order valence-electron chi connectivity index (χ3n) is 2.92. The van der Waals surface area contributed by atoms with E-state index in [-0.39, 0.29) is 23.8 Å². The Bertz CT molecular complexity index is 561. The summed E-state index contributed by atoms with van der Waals surface area (Å²) in [5.41, 5.74) is 4.52. The summed E-state index contributed by atoms with van der Waals surface area (Å²) in [6.45, 7) is 8.04. The maximum absolute atomic E-state index is 12.6. The molecule has 0 aromatic carbocycles. The van der Waals surface area contributed by atoms with Gasteiger partial charge in [0.1, 0.15) is 10.7 Å². The normalized spacial score (nSPS) is 23.4. The van der Waals surface area contributed by atoms with Gasteiger partial charge >= 0.3 is 0 Å². The van der Waals surface area contributed by atoms with Gasteiger partial charge in [-0.3, -0.25) is 5.10 Å². The molecule has 19 heavy (non-hydrogen) atoms. The van der Waals surface area contributed by atoms with Crippen LogP contribution in [0.4, 0.5) is 5.82 Å². The fraction of sp³-hybridized carbons (Fsp3) is 0.727. The Labute approximate surface area is 113 Å². The highest BCUT2D eigenvalue weighted by atomic mass is 32.2. The van der Waals surface area contributed by atoms with Crippen LogP contribution in [0, 0.1) is 0 Å². The van der Waals surface area contributed by atoms with E-state index < -0.39 is 21.2 Å². The third kappa shape index (κ3) is 2.75. The molecule has 1 aliphatic heterocycles. The molecule has 2 heterocycles. The molecule has 1 saturated heterocycles. The van der Waals surface area contributed by atoms with Gasteiger partial charge in [-0.05, 0) is 27.7 Å². The molecule has 8 heteroatoms. The number of nitrogens with zero attached hydrogens (tertiary/aromatic N) is 2. The summed E-state index contributed by atoms with van der Waals surface area (Å²) in [6.07, 6.45) is 1.24.